The summed E-state index contributed by atoms with van der Waals surface area (Å²) in [6.45, 7) is 11.2. The number of amides is 1. The van der Waals surface area contributed by atoms with Crippen molar-refractivity contribution in [3.63, 3.8) is 0 Å². The Morgan fingerprint density at radius 2 is 2.07 bits per heavy atom. The van der Waals surface area contributed by atoms with Gasteiger partial charge in [0.05, 0.1) is 12.2 Å². The van der Waals surface area contributed by atoms with Crippen LogP contribution in [-0.2, 0) is 16.0 Å². The van der Waals surface area contributed by atoms with E-state index in [2.05, 4.69) is 22.1 Å². The number of hydrogen-bond donors (Lipinski definition) is 2. The minimum absolute atomic E-state index is 0.0611. The maximum absolute atomic E-state index is 12.1. The van der Waals surface area contributed by atoms with Crippen molar-refractivity contribution in [2.75, 3.05) is 26.2 Å². The van der Waals surface area contributed by atoms with Crippen LogP contribution >= 0.6 is 0 Å². The highest BCUT2D eigenvalue weighted by Gasteiger charge is 2.20. The smallest absolute Gasteiger partial charge is 0.340 e. The topological polar surface area (TPSA) is 74.4 Å². The van der Waals surface area contributed by atoms with Gasteiger partial charge in [0.1, 0.15) is 0 Å². The monoisotopic (exact) mass is 377 g/mol. The maximum Gasteiger partial charge on any atom is 0.340 e. The fraction of sp³-hybridized carbons (Fsp3) is 0.714. The van der Waals surface area contributed by atoms with Gasteiger partial charge in [-0.25, -0.2) is 4.79 Å². The zero-order valence-electron chi connectivity index (χ0n) is 17.3. The lowest BCUT2D eigenvalue weighted by molar-refractivity contribution is -0.121. The van der Waals surface area contributed by atoms with Crippen molar-refractivity contribution in [2.45, 2.75) is 72.3 Å². The number of carbonyl (C=O) groups excluding carboxylic acids is 2. The number of ether oxygens (including phenoxy) is 1. The van der Waals surface area contributed by atoms with Crippen LogP contribution in [0.4, 0.5) is 0 Å². The molecule has 0 aromatic carbocycles. The Morgan fingerprint density at radius 3 is 2.78 bits per heavy atom. The van der Waals surface area contributed by atoms with E-state index >= 15 is 0 Å². The van der Waals surface area contributed by atoms with Gasteiger partial charge < -0.3 is 19.9 Å². The maximum atomic E-state index is 12.1. The van der Waals surface area contributed by atoms with E-state index in [-0.39, 0.29) is 11.9 Å². The van der Waals surface area contributed by atoms with Crippen LogP contribution in [0.25, 0.3) is 0 Å². The summed E-state index contributed by atoms with van der Waals surface area (Å²) in [6.07, 6.45) is 5.92. The van der Waals surface area contributed by atoms with Gasteiger partial charge in [-0.15, -0.1) is 0 Å². The van der Waals surface area contributed by atoms with E-state index in [0.29, 0.717) is 31.1 Å². The van der Waals surface area contributed by atoms with Crippen LogP contribution in [0.15, 0.2) is 0 Å². The summed E-state index contributed by atoms with van der Waals surface area (Å²) in [4.78, 5) is 29.9. The van der Waals surface area contributed by atoms with E-state index in [4.69, 9.17) is 4.74 Å². The van der Waals surface area contributed by atoms with E-state index < -0.39 is 0 Å². The van der Waals surface area contributed by atoms with Gasteiger partial charge >= 0.3 is 5.97 Å². The van der Waals surface area contributed by atoms with Crippen molar-refractivity contribution in [1.82, 2.24) is 15.2 Å². The summed E-state index contributed by atoms with van der Waals surface area (Å²) in [5.41, 5.74) is 3.23. The molecule has 1 atom stereocenters. The number of esters is 1. The number of nitrogens with one attached hydrogen (secondary N) is 2. The Balaban J connectivity index is 1.72. The van der Waals surface area contributed by atoms with Crippen LogP contribution in [0, 0.1) is 13.8 Å². The highest BCUT2D eigenvalue weighted by atomic mass is 16.5. The number of aromatic nitrogens is 1. The number of hydrogen-bond acceptors (Lipinski definition) is 4. The van der Waals surface area contributed by atoms with Gasteiger partial charge in [-0.3, -0.25) is 4.79 Å². The number of aryl methyl sites for hydroxylation is 2. The van der Waals surface area contributed by atoms with Crippen molar-refractivity contribution < 1.29 is 14.3 Å². The highest BCUT2D eigenvalue weighted by Crippen LogP contribution is 2.20. The molecule has 6 nitrogen and oxygen atoms in total. The number of piperidine rings is 1. The number of likely N-dealkylation sites (tertiary alicyclic amines) is 1. The van der Waals surface area contributed by atoms with Crippen LogP contribution in [0.5, 0.6) is 0 Å². The lowest BCUT2D eigenvalue weighted by Gasteiger charge is -2.33. The Morgan fingerprint density at radius 1 is 1.30 bits per heavy atom. The second kappa shape index (κ2) is 10.5. The van der Waals surface area contributed by atoms with Crippen LogP contribution in [-0.4, -0.2) is 54.0 Å². The average molecular weight is 378 g/mol. The molecule has 0 unspecified atom stereocenters. The van der Waals surface area contributed by atoms with Gasteiger partial charge in [-0.1, -0.05) is 6.42 Å². The Labute approximate surface area is 163 Å². The summed E-state index contributed by atoms with van der Waals surface area (Å²) in [7, 11) is 0. The predicted molar refractivity (Wildman–Crippen MR) is 107 cm³/mol. The highest BCUT2D eigenvalue weighted by molar-refractivity contribution is 5.92. The van der Waals surface area contributed by atoms with Crippen molar-refractivity contribution in [1.29, 1.82) is 0 Å². The van der Waals surface area contributed by atoms with Crippen LogP contribution in [0.2, 0.25) is 0 Å². The fourth-order valence-corrected chi connectivity index (χ4v) is 3.90. The van der Waals surface area contributed by atoms with Crippen molar-refractivity contribution >= 4 is 11.9 Å². The summed E-state index contributed by atoms with van der Waals surface area (Å²) < 4.78 is 5.11. The second-order valence-corrected chi connectivity index (χ2v) is 7.53. The fourth-order valence-electron chi connectivity index (χ4n) is 3.90. The zero-order valence-corrected chi connectivity index (χ0v) is 17.3. The minimum Gasteiger partial charge on any atom is -0.462 e. The van der Waals surface area contributed by atoms with Gasteiger partial charge in [0.15, 0.2) is 0 Å². The lowest BCUT2D eigenvalue weighted by atomic mass is 10.0. The van der Waals surface area contributed by atoms with Crippen LogP contribution in [0.3, 0.4) is 0 Å². The average Bonchev–Trinajstić information content (AvgIpc) is 2.92. The molecule has 0 aliphatic carbocycles. The van der Waals surface area contributed by atoms with Crippen LogP contribution in [0.1, 0.15) is 73.3 Å². The molecule has 1 amide bonds. The van der Waals surface area contributed by atoms with Gasteiger partial charge in [0.2, 0.25) is 5.91 Å². The third-order valence-corrected chi connectivity index (χ3v) is 5.51. The van der Waals surface area contributed by atoms with Crippen molar-refractivity contribution in [3.8, 4) is 0 Å². The first-order valence-corrected chi connectivity index (χ1v) is 10.3. The van der Waals surface area contributed by atoms with E-state index in [1.807, 2.05) is 13.8 Å². The van der Waals surface area contributed by atoms with E-state index in [0.717, 1.165) is 36.5 Å². The first kappa shape index (κ1) is 21.5. The van der Waals surface area contributed by atoms with Gasteiger partial charge in [-0.2, -0.15) is 0 Å². The van der Waals surface area contributed by atoms with Crippen molar-refractivity contribution in [3.05, 3.63) is 22.5 Å². The second-order valence-electron chi connectivity index (χ2n) is 7.53. The van der Waals surface area contributed by atoms with Crippen molar-refractivity contribution in [2.24, 2.45) is 0 Å². The molecular weight excluding hydrogens is 342 g/mol. The molecule has 6 heteroatoms. The largest absolute Gasteiger partial charge is 0.462 e. The molecule has 0 radical (unpaired) electrons. The van der Waals surface area contributed by atoms with Gasteiger partial charge in [0.25, 0.3) is 0 Å². The molecule has 1 aromatic rings. The standard InChI is InChI=1S/C21H35N3O3/c1-5-27-21(26)20-16(3)18(23-17(20)4)10-11-19(25)22-12-8-14-24-13-7-6-9-15(24)2/h15,23H,5-14H2,1-4H3,(H,22,25)/t15-/m1/s1. The normalized spacial score (nSPS) is 17.7. The van der Waals surface area contributed by atoms with E-state index in [1.54, 1.807) is 6.92 Å². The van der Waals surface area contributed by atoms with E-state index in [9.17, 15) is 9.59 Å². The number of aromatic amines is 1. The SMILES string of the molecule is CCOC(=O)c1c(C)[nH]c(CCC(=O)NCCCN2CCCC[C@H]2C)c1C. The summed E-state index contributed by atoms with van der Waals surface area (Å²) >= 11 is 0. The number of nitrogens with zero attached hydrogens (tertiary/aromatic N) is 1. The number of rotatable bonds is 9. The van der Waals surface area contributed by atoms with Gasteiger partial charge in [0, 0.05) is 36.9 Å². The first-order valence-electron chi connectivity index (χ1n) is 10.3. The summed E-state index contributed by atoms with van der Waals surface area (Å²) in [6, 6.07) is 0.669. The predicted octanol–water partition coefficient (Wildman–Crippen LogP) is 3.12. The number of carbonyl (C=O) groups is 2. The molecule has 27 heavy (non-hydrogen) atoms. The Kier molecular flexibility index (Phi) is 8.35. The molecule has 0 saturated carbocycles. The molecule has 0 spiro atoms. The quantitative estimate of drug-likeness (QED) is 0.512. The molecule has 1 aliphatic heterocycles. The minimum atomic E-state index is -0.300. The molecule has 1 aliphatic rings. The summed E-state index contributed by atoms with van der Waals surface area (Å²) in [5.74, 6) is -0.238. The number of H-pyrrole nitrogens is 1. The summed E-state index contributed by atoms with van der Waals surface area (Å²) in [5, 5.41) is 3.02. The first-order chi connectivity index (χ1) is 12.9. The third kappa shape index (κ3) is 6.09. The lowest BCUT2D eigenvalue weighted by Crippen LogP contribution is -2.39. The van der Waals surface area contributed by atoms with E-state index in [1.165, 1.54) is 25.8 Å². The molecule has 2 N–H and O–H groups in total. The van der Waals surface area contributed by atoms with Gasteiger partial charge in [-0.05, 0) is 65.5 Å². The molecule has 0 bridgehead atoms. The zero-order chi connectivity index (χ0) is 19.8. The Hall–Kier alpha value is -1.82. The molecule has 1 saturated heterocycles. The molecule has 152 valence electrons. The molecular formula is C21H35N3O3. The van der Waals surface area contributed by atoms with Crippen LogP contribution < -0.4 is 5.32 Å². The molecule has 2 heterocycles. The Bertz CT molecular complexity index is 639. The third-order valence-electron chi connectivity index (χ3n) is 5.51. The molecule has 1 fully saturated rings. The molecule has 2 rings (SSSR count). The molecule has 1 aromatic heterocycles.